The number of amides is 1. The van der Waals surface area contributed by atoms with E-state index in [4.69, 9.17) is 9.47 Å². The Morgan fingerprint density at radius 3 is 2.42 bits per heavy atom. The van der Waals surface area contributed by atoms with E-state index >= 15 is 0 Å². The molecule has 33 heavy (non-hydrogen) atoms. The molecule has 9 heteroatoms. The molecule has 2 heterocycles. The summed E-state index contributed by atoms with van der Waals surface area (Å²) in [6.07, 6.45) is 2.53. The smallest absolute Gasteiger partial charge is 0.251 e. The van der Waals surface area contributed by atoms with Gasteiger partial charge in [0.25, 0.3) is 5.91 Å². The number of hydrogen-bond donors (Lipinski definition) is 1. The molecule has 1 aliphatic rings. The number of anilines is 1. The monoisotopic (exact) mass is 470 g/mol. The average Bonchev–Trinajstić information content (AvgIpc) is 3.32. The molecule has 174 valence electrons. The molecule has 0 spiro atoms. The van der Waals surface area contributed by atoms with Crippen molar-refractivity contribution in [3.05, 3.63) is 65.2 Å². The van der Waals surface area contributed by atoms with Gasteiger partial charge < -0.3 is 19.7 Å². The predicted molar refractivity (Wildman–Crippen MR) is 126 cm³/mol. The van der Waals surface area contributed by atoms with Crippen LogP contribution in [0.4, 0.5) is 9.52 Å². The van der Waals surface area contributed by atoms with Crippen molar-refractivity contribution < 1.29 is 18.7 Å². The van der Waals surface area contributed by atoms with Crippen LogP contribution in [0.3, 0.4) is 0 Å². The lowest BCUT2D eigenvalue weighted by molar-refractivity contribution is 0.0944. The lowest BCUT2D eigenvalue weighted by atomic mass is 9.97. The normalized spacial score (nSPS) is 14.2. The van der Waals surface area contributed by atoms with Crippen LogP contribution in [0.5, 0.6) is 11.5 Å². The topological polar surface area (TPSA) is 76.6 Å². The SMILES string of the molecule is COc1cc(OC)cc(C(=O)NCC2CCN(c3nc(Cc4ccc(F)cc4)ns3)CC2)c1. The van der Waals surface area contributed by atoms with Crippen molar-refractivity contribution in [1.82, 2.24) is 14.7 Å². The molecule has 1 N–H and O–H groups in total. The highest BCUT2D eigenvalue weighted by Gasteiger charge is 2.22. The van der Waals surface area contributed by atoms with Crippen molar-refractivity contribution >= 4 is 22.6 Å². The second kappa shape index (κ2) is 10.6. The largest absolute Gasteiger partial charge is 0.497 e. The number of methoxy groups -OCH3 is 2. The van der Waals surface area contributed by atoms with Crippen LogP contribution in [0, 0.1) is 11.7 Å². The van der Waals surface area contributed by atoms with Gasteiger partial charge in [0.1, 0.15) is 23.1 Å². The molecule has 1 amide bonds. The first-order valence-corrected chi connectivity index (χ1v) is 11.6. The van der Waals surface area contributed by atoms with Gasteiger partial charge in [-0.05, 0) is 48.6 Å². The van der Waals surface area contributed by atoms with Crippen molar-refractivity contribution in [3.63, 3.8) is 0 Å². The third kappa shape index (κ3) is 5.98. The number of benzene rings is 2. The maximum Gasteiger partial charge on any atom is 0.251 e. The molecule has 1 aliphatic heterocycles. The van der Waals surface area contributed by atoms with Crippen LogP contribution < -0.4 is 19.7 Å². The summed E-state index contributed by atoms with van der Waals surface area (Å²) in [7, 11) is 3.13. The molecule has 7 nitrogen and oxygen atoms in total. The third-order valence-corrected chi connectivity index (χ3v) is 6.60. The minimum absolute atomic E-state index is 0.135. The van der Waals surface area contributed by atoms with Gasteiger partial charge in [-0.15, -0.1) is 0 Å². The molecule has 0 saturated carbocycles. The zero-order chi connectivity index (χ0) is 23.2. The van der Waals surface area contributed by atoms with E-state index in [0.717, 1.165) is 42.5 Å². The number of ether oxygens (including phenoxy) is 2. The number of hydrogen-bond acceptors (Lipinski definition) is 7. The number of nitrogens with one attached hydrogen (secondary N) is 1. The first-order valence-electron chi connectivity index (χ1n) is 10.9. The average molecular weight is 471 g/mol. The highest BCUT2D eigenvalue weighted by Crippen LogP contribution is 2.26. The summed E-state index contributed by atoms with van der Waals surface area (Å²) in [4.78, 5) is 19.5. The fourth-order valence-electron chi connectivity index (χ4n) is 3.84. The molecule has 2 aromatic carbocycles. The second-order valence-electron chi connectivity index (χ2n) is 8.04. The Balaban J connectivity index is 1.26. The quantitative estimate of drug-likeness (QED) is 0.538. The lowest BCUT2D eigenvalue weighted by Gasteiger charge is -2.31. The Morgan fingerprint density at radius 2 is 1.79 bits per heavy atom. The summed E-state index contributed by atoms with van der Waals surface area (Å²) < 4.78 is 28.0. The number of carbonyl (C=O) groups excluding carboxylic acids is 1. The summed E-state index contributed by atoms with van der Waals surface area (Å²) in [6, 6.07) is 11.6. The maximum absolute atomic E-state index is 13.1. The summed E-state index contributed by atoms with van der Waals surface area (Å²) in [5, 5.41) is 3.96. The van der Waals surface area contributed by atoms with Crippen LogP contribution in [-0.2, 0) is 6.42 Å². The second-order valence-corrected chi connectivity index (χ2v) is 8.77. The van der Waals surface area contributed by atoms with Gasteiger partial charge in [-0.1, -0.05) is 12.1 Å². The van der Waals surface area contributed by atoms with Gasteiger partial charge in [0.15, 0.2) is 0 Å². The van der Waals surface area contributed by atoms with Crippen molar-refractivity contribution in [2.45, 2.75) is 19.3 Å². The van der Waals surface area contributed by atoms with Crippen molar-refractivity contribution in [2.75, 3.05) is 38.8 Å². The number of carbonyl (C=O) groups is 1. The van der Waals surface area contributed by atoms with Crippen LogP contribution in [0.15, 0.2) is 42.5 Å². The molecule has 1 fully saturated rings. The van der Waals surface area contributed by atoms with Crippen LogP contribution in [-0.4, -0.2) is 49.1 Å². The maximum atomic E-state index is 13.1. The zero-order valence-electron chi connectivity index (χ0n) is 18.7. The highest BCUT2D eigenvalue weighted by atomic mass is 32.1. The van der Waals surface area contributed by atoms with E-state index in [0.29, 0.717) is 35.9 Å². The van der Waals surface area contributed by atoms with Crippen LogP contribution in [0.25, 0.3) is 0 Å². The molecular weight excluding hydrogens is 443 g/mol. The predicted octanol–water partition coefficient (Wildman–Crippen LogP) is 3.93. The number of aromatic nitrogens is 2. The molecule has 0 unspecified atom stereocenters. The fourth-order valence-corrected chi connectivity index (χ4v) is 4.57. The van der Waals surface area contributed by atoms with Crippen molar-refractivity contribution in [1.29, 1.82) is 0 Å². The number of rotatable bonds is 8. The minimum atomic E-state index is -0.243. The van der Waals surface area contributed by atoms with Gasteiger partial charge in [-0.25, -0.2) is 9.37 Å². The van der Waals surface area contributed by atoms with Crippen LogP contribution in [0.2, 0.25) is 0 Å². The Kier molecular flexibility index (Phi) is 7.39. The molecule has 4 rings (SSSR count). The highest BCUT2D eigenvalue weighted by molar-refractivity contribution is 7.09. The number of nitrogens with zero attached hydrogens (tertiary/aromatic N) is 3. The zero-order valence-corrected chi connectivity index (χ0v) is 19.5. The van der Waals surface area contributed by atoms with Crippen LogP contribution >= 0.6 is 11.5 Å². The molecule has 1 saturated heterocycles. The molecule has 0 atom stereocenters. The Morgan fingerprint density at radius 1 is 1.12 bits per heavy atom. The van der Waals surface area contributed by atoms with Crippen molar-refractivity contribution in [2.24, 2.45) is 5.92 Å². The standard InChI is InChI=1S/C24H27FN4O3S/c1-31-20-12-18(13-21(14-20)32-2)23(30)26-15-17-7-9-29(10-8-17)24-27-22(28-33-24)11-16-3-5-19(25)6-4-16/h3-6,12-14,17H,7-11,15H2,1-2H3,(H,26,30). The van der Waals surface area contributed by atoms with Gasteiger partial charge in [0.05, 0.1) is 14.2 Å². The van der Waals surface area contributed by atoms with Crippen molar-refractivity contribution in [3.8, 4) is 11.5 Å². The van der Waals surface area contributed by atoms with E-state index in [2.05, 4.69) is 19.6 Å². The molecule has 1 aromatic heterocycles. The van der Waals surface area contributed by atoms with Crippen LogP contribution in [0.1, 0.15) is 34.6 Å². The Labute approximate surface area is 196 Å². The van der Waals surface area contributed by atoms with E-state index in [9.17, 15) is 9.18 Å². The van der Waals surface area contributed by atoms with E-state index in [-0.39, 0.29) is 11.7 Å². The summed E-state index contributed by atoms with van der Waals surface area (Å²) in [5.41, 5.74) is 1.51. The molecule has 0 aliphatic carbocycles. The first kappa shape index (κ1) is 23.0. The molecular formula is C24H27FN4O3S. The summed E-state index contributed by atoms with van der Waals surface area (Å²) >= 11 is 1.40. The molecule has 0 bridgehead atoms. The molecule has 0 radical (unpaired) electrons. The van der Waals surface area contributed by atoms with E-state index in [1.807, 2.05) is 0 Å². The summed E-state index contributed by atoms with van der Waals surface area (Å²) in [6.45, 7) is 2.37. The van der Waals surface area contributed by atoms with Gasteiger partial charge in [0, 0.05) is 49.2 Å². The van der Waals surface area contributed by atoms with Gasteiger partial charge in [0.2, 0.25) is 5.13 Å². The summed E-state index contributed by atoms with van der Waals surface area (Å²) in [5.74, 6) is 1.96. The Bertz CT molecular complexity index is 1060. The minimum Gasteiger partial charge on any atom is -0.497 e. The number of piperidine rings is 1. The van der Waals surface area contributed by atoms with E-state index in [1.165, 1.54) is 23.7 Å². The van der Waals surface area contributed by atoms with Gasteiger partial charge in [-0.2, -0.15) is 4.37 Å². The lowest BCUT2D eigenvalue weighted by Crippen LogP contribution is -2.38. The first-order chi connectivity index (χ1) is 16.0. The van der Waals surface area contributed by atoms with Gasteiger partial charge in [-0.3, -0.25) is 4.79 Å². The van der Waals surface area contributed by atoms with E-state index in [1.54, 1.807) is 44.6 Å². The third-order valence-electron chi connectivity index (χ3n) is 5.78. The van der Waals surface area contributed by atoms with Gasteiger partial charge >= 0.3 is 0 Å². The van der Waals surface area contributed by atoms with E-state index < -0.39 is 0 Å². The Hall–Kier alpha value is -3.20. The fraction of sp³-hybridized carbons (Fsp3) is 0.375. The number of halogens is 1. The molecule has 3 aromatic rings.